The van der Waals surface area contributed by atoms with Crippen molar-refractivity contribution < 1.29 is 27.9 Å². The number of aromatic nitrogens is 1. The van der Waals surface area contributed by atoms with Crippen molar-refractivity contribution >= 4 is 5.97 Å². The van der Waals surface area contributed by atoms with E-state index >= 15 is 0 Å². The van der Waals surface area contributed by atoms with Crippen molar-refractivity contribution in [3.8, 4) is 34.3 Å². The standard InChI is InChI=1S/C18H17NO6/c1-10-12(18(20)23-4)8-16(24-10)13-9-15(25-19-13)11-5-6-14(21-2)17(7-11)22-3/h5-9H,1-4H3. The molecule has 0 saturated carbocycles. The number of benzene rings is 1. The minimum atomic E-state index is -0.462. The highest BCUT2D eigenvalue weighted by molar-refractivity contribution is 5.91. The molecule has 0 amide bonds. The van der Waals surface area contributed by atoms with Crippen molar-refractivity contribution in [1.29, 1.82) is 0 Å². The van der Waals surface area contributed by atoms with E-state index in [4.69, 9.17) is 23.2 Å². The second kappa shape index (κ2) is 6.72. The fraction of sp³-hybridized carbons (Fsp3) is 0.222. The smallest absolute Gasteiger partial charge is 0.341 e. The Labute approximate surface area is 144 Å². The highest BCUT2D eigenvalue weighted by atomic mass is 16.5. The summed E-state index contributed by atoms with van der Waals surface area (Å²) >= 11 is 0. The van der Waals surface area contributed by atoms with Crippen molar-refractivity contribution in [2.24, 2.45) is 0 Å². The summed E-state index contributed by atoms with van der Waals surface area (Å²) in [4.78, 5) is 11.7. The monoisotopic (exact) mass is 343 g/mol. The molecule has 0 saturated heterocycles. The number of furan rings is 1. The number of ether oxygens (including phenoxy) is 3. The van der Waals surface area contributed by atoms with Crippen LogP contribution in [0, 0.1) is 6.92 Å². The van der Waals surface area contributed by atoms with E-state index in [0.29, 0.717) is 40.0 Å². The van der Waals surface area contributed by atoms with Crippen molar-refractivity contribution in [2.75, 3.05) is 21.3 Å². The van der Waals surface area contributed by atoms with Crippen molar-refractivity contribution in [3.05, 3.63) is 41.7 Å². The molecule has 2 heterocycles. The summed E-state index contributed by atoms with van der Waals surface area (Å²) in [5.74, 6) is 2.15. The molecule has 25 heavy (non-hydrogen) atoms. The van der Waals surface area contributed by atoms with Gasteiger partial charge >= 0.3 is 5.97 Å². The number of carbonyl (C=O) groups excluding carboxylic acids is 1. The molecule has 130 valence electrons. The second-order valence-electron chi connectivity index (χ2n) is 5.22. The Kier molecular flexibility index (Phi) is 4.47. The fourth-order valence-electron chi connectivity index (χ4n) is 2.44. The zero-order chi connectivity index (χ0) is 18.0. The third-order valence-electron chi connectivity index (χ3n) is 3.75. The zero-order valence-corrected chi connectivity index (χ0v) is 14.3. The van der Waals surface area contributed by atoms with Gasteiger partial charge in [0.15, 0.2) is 23.0 Å². The van der Waals surface area contributed by atoms with E-state index in [2.05, 4.69) is 5.16 Å². The first-order valence-corrected chi connectivity index (χ1v) is 7.45. The largest absolute Gasteiger partial charge is 0.493 e. The van der Waals surface area contributed by atoms with E-state index in [0.717, 1.165) is 5.56 Å². The van der Waals surface area contributed by atoms with Crippen molar-refractivity contribution in [1.82, 2.24) is 5.16 Å². The minimum Gasteiger partial charge on any atom is -0.493 e. The molecule has 0 N–H and O–H groups in total. The molecule has 1 aromatic carbocycles. The average Bonchev–Trinajstić information content (AvgIpc) is 3.27. The van der Waals surface area contributed by atoms with Crippen LogP contribution in [0.2, 0.25) is 0 Å². The van der Waals surface area contributed by atoms with Crippen molar-refractivity contribution in [2.45, 2.75) is 6.92 Å². The number of hydrogen-bond acceptors (Lipinski definition) is 7. The molecule has 7 nitrogen and oxygen atoms in total. The second-order valence-corrected chi connectivity index (χ2v) is 5.22. The summed E-state index contributed by atoms with van der Waals surface area (Å²) < 4.78 is 26.2. The van der Waals surface area contributed by atoms with Crippen LogP contribution in [0.4, 0.5) is 0 Å². The van der Waals surface area contributed by atoms with E-state index in [1.807, 2.05) is 6.07 Å². The Morgan fingerprint density at radius 2 is 1.76 bits per heavy atom. The van der Waals surface area contributed by atoms with Gasteiger partial charge in [-0.1, -0.05) is 5.16 Å². The van der Waals surface area contributed by atoms with E-state index in [9.17, 15) is 4.79 Å². The van der Waals surface area contributed by atoms with Crippen LogP contribution >= 0.6 is 0 Å². The first-order valence-electron chi connectivity index (χ1n) is 7.45. The first-order chi connectivity index (χ1) is 12.1. The third-order valence-corrected chi connectivity index (χ3v) is 3.75. The Balaban J connectivity index is 1.94. The molecule has 7 heteroatoms. The minimum absolute atomic E-state index is 0.355. The summed E-state index contributed by atoms with van der Waals surface area (Å²) in [5, 5.41) is 4.01. The quantitative estimate of drug-likeness (QED) is 0.653. The topological polar surface area (TPSA) is 83.9 Å². The van der Waals surface area contributed by atoms with Gasteiger partial charge < -0.3 is 23.2 Å². The molecule has 0 aliphatic heterocycles. The maximum atomic E-state index is 11.7. The van der Waals surface area contributed by atoms with Gasteiger partial charge in [0.1, 0.15) is 17.0 Å². The number of methoxy groups -OCH3 is 3. The molecule has 3 rings (SSSR count). The highest BCUT2D eigenvalue weighted by Gasteiger charge is 2.19. The predicted molar refractivity (Wildman–Crippen MR) is 88.8 cm³/mol. The molecule has 0 atom stereocenters. The van der Waals surface area contributed by atoms with Crippen LogP contribution in [0.1, 0.15) is 16.1 Å². The van der Waals surface area contributed by atoms with Crippen LogP contribution in [-0.2, 0) is 4.74 Å². The van der Waals surface area contributed by atoms with Gasteiger partial charge in [-0.3, -0.25) is 0 Å². The van der Waals surface area contributed by atoms with Gasteiger partial charge in [-0.05, 0) is 25.1 Å². The molecule has 0 unspecified atom stereocenters. The first kappa shape index (κ1) is 16.6. The number of esters is 1. The maximum absolute atomic E-state index is 11.7. The molecule has 0 aliphatic rings. The fourth-order valence-corrected chi connectivity index (χ4v) is 2.44. The molecular formula is C18H17NO6. The molecule has 3 aromatic rings. The number of carbonyl (C=O) groups is 1. The van der Waals surface area contributed by atoms with Gasteiger partial charge in [-0.25, -0.2) is 4.79 Å². The molecule has 0 radical (unpaired) electrons. The lowest BCUT2D eigenvalue weighted by Crippen LogP contribution is -2.00. The summed E-state index contributed by atoms with van der Waals surface area (Å²) in [6, 6.07) is 8.70. The number of rotatable bonds is 5. The van der Waals surface area contributed by atoms with Crippen LogP contribution in [0.15, 0.2) is 39.3 Å². The Hall–Kier alpha value is -3.22. The molecule has 0 fully saturated rings. The lowest BCUT2D eigenvalue weighted by molar-refractivity contribution is 0.0599. The zero-order valence-electron chi connectivity index (χ0n) is 14.3. The van der Waals surface area contributed by atoms with Gasteiger partial charge in [0, 0.05) is 17.7 Å². The van der Waals surface area contributed by atoms with Crippen LogP contribution in [0.25, 0.3) is 22.8 Å². The summed E-state index contributed by atoms with van der Waals surface area (Å²) in [7, 11) is 4.45. The highest BCUT2D eigenvalue weighted by Crippen LogP contribution is 2.34. The van der Waals surface area contributed by atoms with E-state index in [-0.39, 0.29) is 0 Å². The van der Waals surface area contributed by atoms with Gasteiger partial charge in [0.25, 0.3) is 0 Å². The molecular weight excluding hydrogens is 326 g/mol. The van der Waals surface area contributed by atoms with Crippen LogP contribution in [-0.4, -0.2) is 32.5 Å². The third kappa shape index (κ3) is 3.08. The molecule has 0 aliphatic carbocycles. The van der Waals surface area contributed by atoms with Crippen LogP contribution < -0.4 is 9.47 Å². The summed E-state index contributed by atoms with van der Waals surface area (Å²) in [6.07, 6.45) is 0. The average molecular weight is 343 g/mol. The van der Waals surface area contributed by atoms with Gasteiger partial charge in [0.05, 0.1) is 21.3 Å². The summed E-state index contributed by atoms with van der Waals surface area (Å²) in [6.45, 7) is 1.69. The SMILES string of the molecule is COC(=O)c1cc(-c2cc(-c3ccc(OC)c(OC)c3)on2)oc1C. The Morgan fingerprint density at radius 1 is 1.00 bits per heavy atom. The van der Waals surface area contributed by atoms with E-state index < -0.39 is 5.97 Å². The predicted octanol–water partition coefficient (Wildman–Crippen LogP) is 3.71. The number of nitrogens with zero attached hydrogens (tertiary/aromatic N) is 1. The molecule has 0 spiro atoms. The van der Waals surface area contributed by atoms with E-state index in [1.54, 1.807) is 45.4 Å². The Morgan fingerprint density at radius 3 is 2.44 bits per heavy atom. The lowest BCUT2D eigenvalue weighted by Gasteiger charge is -2.07. The molecule has 0 bridgehead atoms. The van der Waals surface area contributed by atoms with Crippen LogP contribution in [0.5, 0.6) is 11.5 Å². The van der Waals surface area contributed by atoms with Gasteiger partial charge in [-0.2, -0.15) is 0 Å². The van der Waals surface area contributed by atoms with Crippen molar-refractivity contribution in [3.63, 3.8) is 0 Å². The van der Waals surface area contributed by atoms with Gasteiger partial charge in [0.2, 0.25) is 0 Å². The maximum Gasteiger partial charge on any atom is 0.341 e. The number of hydrogen-bond donors (Lipinski definition) is 0. The Bertz CT molecular complexity index is 908. The normalized spacial score (nSPS) is 10.6. The lowest BCUT2D eigenvalue weighted by atomic mass is 10.1. The molecule has 2 aromatic heterocycles. The van der Waals surface area contributed by atoms with Crippen LogP contribution in [0.3, 0.4) is 0 Å². The number of aryl methyl sites for hydroxylation is 1. The summed E-state index contributed by atoms with van der Waals surface area (Å²) in [5.41, 5.74) is 1.60. The van der Waals surface area contributed by atoms with Gasteiger partial charge in [-0.15, -0.1) is 0 Å². The van der Waals surface area contributed by atoms with E-state index in [1.165, 1.54) is 7.11 Å².